The summed E-state index contributed by atoms with van der Waals surface area (Å²) in [4.78, 5) is 79.8. The summed E-state index contributed by atoms with van der Waals surface area (Å²) < 4.78 is 19.3. The van der Waals surface area contributed by atoms with Crippen LogP contribution in [0.25, 0.3) is 17.1 Å². The summed E-state index contributed by atoms with van der Waals surface area (Å²) in [6, 6.07) is 17.6. The lowest BCUT2D eigenvalue weighted by Crippen LogP contribution is -2.52. The zero-order valence-corrected chi connectivity index (χ0v) is 38.3. The molecule has 0 bridgehead atoms. The molecule has 0 aliphatic carbocycles. The fraction of sp³-hybridized carbons (Fsp3) is 0.347. The second-order valence-corrected chi connectivity index (χ2v) is 17.3. The molecule has 4 heterocycles. The van der Waals surface area contributed by atoms with E-state index in [1.165, 1.54) is 11.0 Å². The highest BCUT2D eigenvalue weighted by atomic mass is 16.6. The Hall–Kier alpha value is -7.96. The Morgan fingerprint density at radius 2 is 1.62 bits per heavy atom. The fourth-order valence-electron chi connectivity index (χ4n) is 8.78. The number of phenolic OH excluding ortho intramolecular Hbond substituents is 2. The van der Waals surface area contributed by atoms with Gasteiger partial charge in [0.05, 0.1) is 5.56 Å². The van der Waals surface area contributed by atoms with Crippen molar-refractivity contribution in [3.8, 4) is 40.1 Å². The van der Waals surface area contributed by atoms with Gasteiger partial charge in [-0.25, -0.2) is 9.59 Å². The molecule has 19 heteroatoms. The van der Waals surface area contributed by atoms with E-state index < -0.39 is 30.0 Å². The summed E-state index contributed by atoms with van der Waals surface area (Å²) in [6.07, 6.45) is -0.00145. The molecule has 19 nitrogen and oxygen atoms in total. The predicted molar refractivity (Wildman–Crippen MR) is 246 cm³/mol. The molecule has 0 radical (unpaired) electrons. The van der Waals surface area contributed by atoms with E-state index in [0.717, 1.165) is 0 Å². The van der Waals surface area contributed by atoms with Crippen LogP contribution in [0, 0.1) is 13.8 Å². The van der Waals surface area contributed by atoms with Gasteiger partial charge in [0, 0.05) is 74.0 Å². The van der Waals surface area contributed by atoms with Crippen LogP contribution in [-0.2, 0) is 27.5 Å². The van der Waals surface area contributed by atoms with Gasteiger partial charge in [0.25, 0.3) is 11.8 Å². The number of rotatable bonds is 12. The first-order chi connectivity index (χ1) is 32.6. The number of phenols is 2. The number of fused-ring (bicyclic) bond motifs is 1. The van der Waals surface area contributed by atoms with Gasteiger partial charge in [0.2, 0.25) is 17.6 Å². The molecule has 1 atom stereocenters. The number of nitrogens with one attached hydrogen (secondary N) is 3. The molecule has 0 spiro atoms. The topological polar surface area (TPSA) is 244 Å². The average Bonchev–Trinajstić information content (AvgIpc) is 3.89. The normalized spacial score (nSPS) is 16.1. The van der Waals surface area contributed by atoms with E-state index in [4.69, 9.17) is 14.2 Å². The number of anilines is 1. The lowest BCUT2D eigenvalue weighted by molar-refractivity contribution is -0.136. The molecule has 4 aromatic carbocycles. The van der Waals surface area contributed by atoms with Crippen molar-refractivity contribution in [2.24, 2.45) is 0 Å². The largest absolute Gasteiger partial charge is 0.508 e. The van der Waals surface area contributed by atoms with Gasteiger partial charge in [-0.3, -0.25) is 34.4 Å². The van der Waals surface area contributed by atoms with Gasteiger partial charge in [-0.15, -0.1) is 10.2 Å². The number of piperidine rings is 2. The molecule has 1 unspecified atom stereocenters. The lowest BCUT2D eigenvalue weighted by Gasteiger charge is -2.31. The van der Waals surface area contributed by atoms with E-state index in [2.05, 4.69) is 26.1 Å². The molecule has 5 aromatic rings. The number of aryl methyl sites for hydroxylation is 2. The van der Waals surface area contributed by atoms with Crippen LogP contribution in [-0.4, -0.2) is 102 Å². The monoisotopic (exact) mass is 928 g/mol. The molecule has 2 fully saturated rings. The molecular weight excluding hydrogens is 877 g/mol. The highest BCUT2D eigenvalue weighted by molar-refractivity contribution is 6.06. The smallest absolute Gasteiger partial charge is 0.415 e. The number of aromatic hydroxyl groups is 2. The highest BCUT2D eigenvalue weighted by Gasteiger charge is 2.40. The number of likely N-dealkylation sites (tertiary alicyclic amines) is 1. The van der Waals surface area contributed by atoms with E-state index in [-0.39, 0.29) is 73.0 Å². The molecule has 3 aliphatic rings. The summed E-state index contributed by atoms with van der Waals surface area (Å²) in [5.41, 5.74) is 4.72. The second-order valence-electron chi connectivity index (χ2n) is 17.3. The molecule has 3 aliphatic heterocycles. The maximum absolute atomic E-state index is 13.4. The Labute approximate surface area is 391 Å². The van der Waals surface area contributed by atoms with Gasteiger partial charge in [-0.05, 0) is 110 Å². The van der Waals surface area contributed by atoms with Crippen molar-refractivity contribution in [1.82, 2.24) is 35.2 Å². The van der Waals surface area contributed by atoms with E-state index in [0.29, 0.717) is 94.3 Å². The van der Waals surface area contributed by atoms with Crippen molar-refractivity contribution < 1.29 is 53.2 Å². The number of imide groups is 1. The summed E-state index contributed by atoms with van der Waals surface area (Å²) in [5, 5.41) is 37.5. The summed E-state index contributed by atoms with van der Waals surface area (Å²) in [6.45, 7) is 10.4. The maximum atomic E-state index is 13.4. The Morgan fingerprint density at radius 3 is 2.29 bits per heavy atom. The molecule has 5 N–H and O–H groups in total. The van der Waals surface area contributed by atoms with Crippen LogP contribution >= 0.6 is 0 Å². The number of hydrogen-bond acceptors (Lipinski definition) is 13. The molecule has 6 amide bonds. The minimum Gasteiger partial charge on any atom is -0.508 e. The molecule has 1 aromatic heterocycles. The van der Waals surface area contributed by atoms with Crippen LogP contribution in [0.3, 0.4) is 0 Å². The van der Waals surface area contributed by atoms with Gasteiger partial charge >= 0.3 is 12.2 Å². The number of carbonyl (C=O) groups excluding carboxylic acids is 6. The van der Waals surface area contributed by atoms with Gasteiger partial charge < -0.3 is 39.5 Å². The number of carbonyl (C=O) groups is 6. The van der Waals surface area contributed by atoms with E-state index in [9.17, 15) is 39.0 Å². The number of nitrogens with zero attached hydrogens (tertiary/aromatic N) is 5. The Bertz CT molecular complexity index is 2790. The Morgan fingerprint density at radius 1 is 0.897 bits per heavy atom. The van der Waals surface area contributed by atoms with E-state index in [1.807, 2.05) is 13.8 Å². The third kappa shape index (κ3) is 9.63. The zero-order valence-electron chi connectivity index (χ0n) is 38.3. The third-order valence-corrected chi connectivity index (χ3v) is 12.2. The molecule has 354 valence electrons. The van der Waals surface area contributed by atoms with Crippen LogP contribution in [0.5, 0.6) is 23.0 Å². The molecule has 0 saturated carbocycles. The first-order valence-corrected chi connectivity index (χ1v) is 22.4. The number of hydrogen-bond donors (Lipinski definition) is 5. The van der Waals surface area contributed by atoms with E-state index in [1.54, 1.807) is 90.9 Å². The second kappa shape index (κ2) is 19.5. The number of amides is 6. The first kappa shape index (κ1) is 46.6. The molecular formula is C49H52N8O11. The summed E-state index contributed by atoms with van der Waals surface area (Å²) >= 11 is 0. The third-order valence-electron chi connectivity index (χ3n) is 12.2. The van der Waals surface area contributed by atoms with Gasteiger partial charge in [-0.1, -0.05) is 19.9 Å². The lowest BCUT2D eigenvalue weighted by atomic mass is 9.98. The predicted octanol–water partition coefficient (Wildman–Crippen LogP) is 6.39. The van der Waals surface area contributed by atoms with Gasteiger partial charge in [0.15, 0.2) is 5.82 Å². The van der Waals surface area contributed by atoms with Crippen LogP contribution < -0.4 is 25.4 Å². The van der Waals surface area contributed by atoms with Crippen LogP contribution in [0.1, 0.15) is 101 Å². The van der Waals surface area contributed by atoms with Crippen LogP contribution in [0.2, 0.25) is 0 Å². The minimum absolute atomic E-state index is 0.0147. The SMILES string of the molecule is CCNC(=O)c1nnc(-c2cc(C(C)C)c(O)cc2O)n1-c1ccc(OC2CCN(C(=O)Oc3c(C)cc(COC(=O)Nc4cccc5c4CN(C4CCC(=O)NC4=O)C5=O)cc3C)CC2)cc1. The number of benzene rings is 4. The molecule has 8 rings (SSSR count). The highest BCUT2D eigenvalue weighted by Crippen LogP contribution is 2.39. The van der Waals surface area contributed by atoms with Gasteiger partial charge in [-0.2, -0.15) is 0 Å². The van der Waals surface area contributed by atoms with Crippen molar-refractivity contribution in [3.63, 3.8) is 0 Å². The number of ether oxygens (including phenoxy) is 3. The van der Waals surface area contributed by atoms with Crippen molar-refractivity contribution in [3.05, 3.63) is 106 Å². The standard InChI is InChI=1S/C49H52N8O11/c1-6-50-46(62)44-54-53-43(35-22-34(26(2)3)39(58)23-40(35)59)57(44)30-10-12-31(13-11-30)67-32-16-18-55(19-17-32)49(65)68-42-27(4)20-29(21-28(42)5)25-66-48(64)51-37-9-7-8-33-36(37)24-56(47(33)63)38-14-15-41(60)52-45(38)61/h7-13,20-23,26,32,38,58-59H,6,14-19,24-25H2,1-5H3,(H,50,62)(H,51,64)(H,52,60,61). The Balaban J connectivity index is 0.844. The molecule has 68 heavy (non-hydrogen) atoms. The zero-order chi connectivity index (χ0) is 48.4. The van der Waals surface area contributed by atoms with Gasteiger partial charge in [0.1, 0.15) is 41.8 Å². The van der Waals surface area contributed by atoms with E-state index >= 15 is 0 Å². The Kier molecular flexibility index (Phi) is 13.3. The average molecular weight is 929 g/mol. The minimum atomic E-state index is -0.788. The number of aromatic nitrogens is 3. The van der Waals surface area contributed by atoms with Crippen molar-refractivity contribution in [2.75, 3.05) is 25.0 Å². The van der Waals surface area contributed by atoms with Crippen molar-refractivity contribution in [1.29, 1.82) is 0 Å². The fourth-order valence-corrected chi connectivity index (χ4v) is 8.78. The summed E-state index contributed by atoms with van der Waals surface area (Å²) in [7, 11) is 0. The quantitative estimate of drug-likeness (QED) is 0.0854. The maximum Gasteiger partial charge on any atom is 0.415 e. The summed E-state index contributed by atoms with van der Waals surface area (Å²) in [5.74, 6) is -0.832. The first-order valence-electron chi connectivity index (χ1n) is 22.4. The van der Waals surface area contributed by atoms with Crippen LogP contribution in [0.4, 0.5) is 15.3 Å². The molecule has 2 saturated heterocycles. The van der Waals surface area contributed by atoms with Crippen molar-refractivity contribution in [2.45, 2.75) is 91.5 Å². The van der Waals surface area contributed by atoms with Crippen molar-refractivity contribution >= 4 is 41.5 Å². The van der Waals surface area contributed by atoms with Crippen LogP contribution in [0.15, 0.2) is 66.7 Å².